The van der Waals surface area contributed by atoms with E-state index in [9.17, 15) is 9.59 Å². The van der Waals surface area contributed by atoms with Crippen molar-refractivity contribution in [3.63, 3.8) is 0 Å². The Morgan fingerprint density at radius 1 is 1.29 bits per heavy atom. The first-order valence-electron chi connectivity index (χ1n) is 4.90. The molecule has 0 bridgehead atoms. The first-order valence-corrected chi connectivity index (χ1v) is 4.90. The number of carboxylic acids is 1. The van der Waals surface area contributed by atoms with Crippen LogP contribution in [0.2, 0.25) is 0 Å². The maximum absolute atomic E-state index is 10.9. The summed E-state index contributed by atoms with van der Waals surface area (Å²) >= 11 is 0. The van der Waals surface area contributed by atoms with Crippen molar-refractivity contribution >= 4 is 23.4 Å². The normalized spacial score (nSPS) is 9.65. The first kappa shape index (κ1) is 12.6. The van der Waals surface area contributed by atoms with Crippen LogP contribution in [0.3, 0.4) is 0 Å². The Hall–Kier alpha value is -2.44. The van der Waals surface area contributed by atoms with Crippen molar-refractivity contribution in [1.29, 1.82) is 0 Å². The van der Waals surface area contributed by atoms with Crippen LogP contribution in [0.25, 0.3) is 0 Å². The van der Waals surface area contributed by atoms with E-state index in [1.54, 1.807) is 12.1 Å². The molecule has 0 radical (unpaired) electrons. The van der Waals surface area contributed by atoms with E-state index < -0.39 is 12.0 Å². The lowest BCUT2D eigenvalue weighted by Gasteiger charge is -2.10. The Balaban J connectivity index is 2.64. The van der Waals surface area contributed by atoms with Gasteiger partial charge in [-0.05, 0) is 18.2 Å². The Bertz CT molecular complexity index is 434. The van der Waals surface area contributed by atoms with Gasteiger partial charge in [0.05, 0.1) is 5.56 Å². The van der Waals surface area contributed by atoms with Gasteiger partial charge < -0.3 is 27.2 Å². The average molecular weight is 238 g/mol. The summed E-state index contributed by atoms with van der Waals surface area (Å²) < 4.78 is 0. The number of carbonyl (C=O) groups is 2. The van der Waals surface area contributed by atoms with E-state index in [-0.39, 0.29) is 5.56 Å². The topological polar surface area (TPSA) is 130 Å². The van der Waals surface area contributed by atoms with Gasteiger partial charge in [0.15, 0.2) is 0 Å². The minimum Gasteiger partial charge on any atom is -0.478 e. The smallest absolute Gasteiger partial charge is 0.337 e. The molecule has 7 nitrogen and oxygen atoms in total. The van der Waals surface area contributed by atoms with Gasteiger partial charge in [0.25, 0.3) is 0 Å². The number of nitrogens with one attached hydrogen (secondary N) is 2. The summed E-state index contributed by atoms with van der Waals surface area (Å²) in [5.74, 6) is -1.07. The monoisotopic (exact) mass is 238 g/mol. The molecule has 0 aromatic heterocycles. The molecule has 1 rings (SSSR count). The molecule has 1 aromatic rings. The predicted octanol–water partition coefficient (Wildman–Crippen LogP) is 0.0472. The number of anilines is 2. The van der Waals surface area contributed by atoms with Crippen LogP contribution in [0.5, 0.6) is 0 Å². The summed E-state index contributed by atoms with van der Waals surface area (Å²) in [5.41, 5.74) is 11.3. The number of nitrogen functional groups attached to an aromatic ring is 1. The van der Waals surface area contributed by atoms with Gasteiger partial charge in [-0.3, -0.25) is 0 Å². The number of primary amides is 1. The van der Waals surface area contributed by atoms with Crippen molar-refractivity contribution in [2.75, 3.05) is 24.1 Å². The van der Waals surface area contributed by atoms with Gasteiger partial charge in [-0.15, -0.1) is 0 Å². The Morgan fingerprint density at radius 2 is 2.00 bits per heavy atom. The number of carbonyl (C=O) groups excluding carboxylic acids is 1. The van der Waals surface area contributed by atoms with E-state index in [1.165, 1.54) is 6.07 Å². The zero-order valence-electron chi connectivity index (χ0n) is 9.06. The fraction of sp³-hybridized carbons (Fsp3) is 0.200. The number of nitrogens with two attached hydrogens (primary N) is 2. The van der Waals surface area contributed by atoms with E-state index in [4.69, 9.17) is 16.6 Å². The molecule has 0 aliphatic rings. The van der Waals surface area contributed by atoms with Gasteiger partial charge in [-0.2, -0.15) is 0 Å². The third-order valence-corrected chi connectivity index (χ3v) is 2.01. The quantitative estimate of drug-likeness (QED) is 0.365. The molecule has 0 saturated carbocycles. The molecular weight excluding hydrogens is 224 g/mol. The summed E-state index contributed by atoms with van der Waals surface area (Å²) in [7, 11) is 0. The number of urea groups is 1. The highest BCUT2D eigenvalue weighted by atomic mass is 16.4. The Labute approximate surface area is 97.8 Å². The number of aromatic carboxylic acids is 1. The second-order valence-electron chi connectivity index (χ2n) is 3.33. The van der Waals surface area contributed by atoms with Crippen LogP contribution < -0.4 is 22.1 Å². The molecule has 17 heavy (non-hydrogen) atoms. The van der Waals surface area contributed by atoms with Crippen LogP contribution in [0.4, 0.5) is 16.2 Å². The highest BCUT2D eigenvalue weighted by Gasteiger charge is 2.09. The summed E-state index contributed by atoms with van der Waals surface area (Å²) in [6.07, 6.45) is 0. The lowest BCUT2D eigenvalue weighted by atomic mass is 10.1. The Kier molecular flexibility index (Phi) is 4.15. The van der Waals surface area contributed by atoms with Gasteiger partial charge >= 0.3 is 12.0 Å². The van der Waals surface area contributed by atoms with Crippen LogP contribution in [-0.2, 0) is 0 Å². The molecule has 0 atom stereocenters. The van der Waals surface area contributed by atoms with E-state index in [0.29, 0.717) is 24.5 Å². The van der Waals surface area contributed by atoms with Gasteiger partial charge in [-0.25, -0.2) is 9.59 Å². The van der Waals surface area contributed by atoms with E-state index in [0.717, 1.165) is 0 Å². The molecule has 0 fully saturated rings. The standard InChI is InChI=1S/C10H14N4O3/c11-6-1-2-8(7(5-6)9(15)16)13-3-4-14-10(12)17/h1-2,5,13H,3-4,11H2,(H,15,16)(H3,12,14,17). The summed E-state index contributed by atoms with van der Waals surface area (Å²) in [4.78, 5) is 21.3. The summed E-state index contributed by atoms with van der Waals surface area (Å²) in [6, 6.07) is 3.91. The van der Waals surface area contributed by atoms with Crippen molar-refractivity contribution in [1.82, 2.24) is 5.32 Å². The van der Waals surface area contributed by atoms with Crippen LogP contribution in [0.15, 0.2) is 18.2 Å². The number of benzene rings is 1. The third-order valence-electron chi connectivity index (χ3n) is 2.01. The fourth-order valence-corrected chi connectivity index (χ4v) is 1.28. The van der Waals surface area contributed by atoms with Crippen LogP contribution in [0, 0.1) is 0 Å². The van der Waals surface area contributed by atoms with Crippen molar-refractivity contribution in [2.24, 2.45) is 5.73 Å². The maximum Gasteiger partial charge on any atom is 0.337 e. The van der Waals surface area contributed by atoms with Crippen LogP contribution in [0.1, 0.15) is 10.4 Å². The largest absolute Gasteiger partial charge is 0.478 e. The minimum absolute atomic E-state index is 0.0871. The summed E-state index contributed by atoms with van der Waals surface area (Å²) in [5, 5.41) is 14.2. The van der Waals surface area contributed by atoms with Crippen LogP contribution >= 0.6 is 0 Å². The Morgan fingerprint density at radius 3 is 2.59 bits per heavy atom. The number of rotatable bonds is 5. The second-order valence-corrected chi connectivity index (χ2v) is 3.33. The van der Waals surface area contributed by atoms with Gasteiger partial charge in [-0.1, -0.05) is 0 Å². The third kappa shape index (κ3) is 3.90. The zero-order valence-corrected chi connectivity index (χ0v) is 9.06. The highest BCUT2D eigenvalue weighted by molar-refractivity contribution is 5.95. The molecule has 7 heteroatoms. The molecule has 0 aliphatic heterocycles. The van der Waals surface area contributed by atoms with Gasteiger partial charge in [0, 0.05) is 24.5 Å². The zero-order chi connectivity index (χ0) is 12.8. The molecule has 92 valence electrons. The molecule has 0 heterocycles. The summed E-state index contributed by atoms with van der Waals surface area (Å²) in [6.45, 7) is 0.673. The number of amides is 2. The SMILES string of the molecule is NC(=O)NCCNc1ccc(N)cc1C(=O)O. The van der Waals surface area contributed by atoms with Gasteiger partial charge in [0.2, 0.25) is 0 Å². The molecule has 0 aliphatic carbocycles. The first-order chi connectivity index (χ1) is 8.00. The number of carboxylic acid groups (broad SMARTS) is 1. The number of hydrogen-bond donors (Lipinski definition) is 5. The molecule has 0 spiro atoms. The molecular formula is C10H14N4O3. The average Bonchev–Trinajstić information content (AvgIpc) is 2.25. The molecule has 2 amide bonds. The molecule has 0 unspecified atom stereocenters. The van der Waals surface area contributed by atoms with E-state index in [1.807, 2.05) is 0 Å². The molecule has 1 aromatic carbocycles. The minimum atomic E-state index is -1.07. The predicted molar refractivity (Wildman–Crippen MR) is 63.9 cm³/mol. The highest BCUT2D eigenvalue weighted by Crippen LogP contribution is 2.18. The molecule has 0 saturated heterocycles. The van der Waals surface area contributed by atoms with Crippen molar-refractivity contribution < 1.29 is 14.7 Å². The van der Waals surface area contributed by atoms with Crippen molar-refractivity contribution in [2.45, 2.75) is 0 Å². The lowest BCUT2D eigenvalue weighted by Crippen LogP contribution is -2.33. The lowest BCUT2D eigenvalue weighted by molar-refractivity contribution is 0.0698. The molecule has 7 N–H and O–H groups in total. The number of hydrogen-bond acceptors (Lipinski definition) is 4. The van der Waals surface area contributed by atoms with Crippen LogP contribution in [-0.4, -0.2) is 30.2 Å². The van der Waals surface area contributed by atoms with Crippen molar-refractivity contribution in [3.05, 3.63) is 23.8 Å². The second kappa shape index (κ2) is 5.59. The maximum atomic E-state index is 10.9. The van der Waals surface area contributed by atoms with E-state index in [2.05, 4.69) is 10.6 Å². The van der Waals surface area contributed by atoms with Gasteiger partial charge in [0.1, 0.15) is 0 Å². The van der Waals surface area contributed by atoms with E-state index >= 15 is 0 Å². The fourth-order valence-electron chi connectivity index (χ4n) is 1.28. The van der Waals surface area contributed by atoms with Crippen molar-refractivity contribution in [3.8, 4) is 0 Å².